The second-order valence-corrected chi connectivity index (χ2v) is 5.33. The Hall–Kier alpha value is -0.820. The molecule has 0 atom stereocenters. The van der Waals surface area contributed by atoms with Gasteiger partial charge in [-0.15, -0.1) is 0 Å². The van der Waals surface area contributed by atoms with Gasteiger partial charge in [0.05, 0.1) is 5.69 Å². The van der Waals surface area contributed by atoms with Crippen molar-refractivity contribution in [1.82, 2.24) is 4.72 Å². The third-order valence-corrected chi connectivity index (χ3v) is 3.64. The lowest BCUT2D eigenvalue weighted by atomic mass is 10.3. The Balaban J connectivity index is 2.93. The molecule has 0 aromatic heterocycles. The van der Waals surface area contributed by atoms with E-state index in [1.54, 1.807) is 0 Å². The summed E-state index contributed by atoms with van der Waals surface area (Å²) >= 11 is 5.70. The molecular weight excluding hydrogens is 252 g/mol. The third-order valence-electron chi connectivity index (χ3n) is 1.89. The zero-order valence-corrected chi connectivity index (χ0v) is 10.1. The Morgan fingerprint density at radius 3 is 2.75 bits per heavy atom. The second-order valence-electron chi connectivity index (χ2n) is 3.16. The Bertz CT molecular complexity index is 462. The largest absolute Gasteiger partial charge is 0.398 e. The van der Waals surface area contributed by atoms with Gasteiger partial charge in [0.15, 0.2) is 0 Å². The van der Waals surface area contributed by atoms with E-state index in [-0.39, 0.29) is 23.7 Å². The lowest BCUT2D eigenvalue weighted by molar-refractivity contribution is 0.289. The highest BCUT2D eigenvalue weighted by molar-refractivity contribution is 7.89. The van der Waals surface area contributed by atoms with Crippen LogP contribution >= 0.6 is 11.6 Å². The lowest BCUT2D eigenvalue weighted by Crippen LogP contribution is -2.26. The lowest BCUT2D eigenvalue weighted by Gasteiger charge is -2.08. The number of halogens is 1. The van der Waals surface area contributed by atoms with Crippen molar-refractivity contribution in [3.8, 4) is 0 Å². The van der Waals surface area contributed by atoms with Gasteiger partial charge in [-0.2, -0.15) is 0 Å². The predicted molar refractivity (Wildman–Crippen MR) is 62.8 cm³/mol. The van der Waals surface area contributed by atoms with Crippen LogP contribution in [-0.4, -0.2) is 26.7 Å². The van der Waals surface area contributed by atoms with Gasteiger partial charge in [0, 0.05) is 18.2 Å². The fourth-order valence-electron chi connectivity index (χ4n) is 1.10. The van der Waals surface area contributed by atoms with Crippen LogP contribution in [0.3, 0.4) is 0 Å². The fourth-order valence-corrected chi connectivity index (χ4v) is 2.57. The summed E-state index contributed by atoms with van der Waals surface area (Å²) in [5.74, 6) is 0. The molecule has 0 saturated heterocycles. The number of nitrogen functional groups attached to an aromatic ring is 1. The SMILES string of the molecule is Nc1ccc(Cl)cc1S(=O)(=O)NCCCO. The molecule has 1 aromatic rings. The Morgan fingerprint density at radius 2 is 2.12 bits per heavy atom. The van der Waals surface area contributed by atoms with E-state index >= 15 is 0 Å². The molecule has 0 unspecified atom stereocenters. The molecule has 1 aromatic carbocycles. The first-order valence-electron chi connectivity index (χ1n) is 4.63. The predicted octanol–water partition coefficient (Wildman–Crippen LogP) is 0.583. The minimum Gasteiger partial charge on any atom is -0.398 e. The van der Waals surface area contributed by atoms with Gasteiger partial charge in [-0.05, 0) is 24.6 Å². The number of nitrogens with one attached hydrogen (secondary N) is 1. The molecule has 0 bridgehead atoms. The van der Waals surface area contributed by atoms with Gasteiger partial charge >= 0.3 is 0 Å². The molecule has 7 heteroatoms. The average Bonchev–Trinajstić information content (AvgIpc) is 2.22. The zero-order valence-electron chi connectivity index (χ0n) is 8.48. The highest BCUT2D eigenvalue weighted by Gasteiger charge is 2.16. The molecule has 0 saturated carbocycles. The van der Waals surface area contributed by atoms with Crippen molar-refractivity contribution >= 4 is 27.3 Å². The van der Waals surface area contributed by atoms with E-state index in [0.717, 1.165) is 0 Å². The van der Waals surface area contributed by atoms with E-state index in [1.807, 2.05) is 0 Å². The van der Waals surface area contributed by atoms with E-state index in [4.69, 9.17) is 22.4 Å². The second kappa shape index (κ2) is 5.49. The summed E-state index contributed by atoms with van der Waals surface area (Å²) in [7, 11) is -3.66. The zero-order chi connectivity index (χ0) is 12.2. The molecule has 0 amide bonds. The van der Waals surface area contributed by atoms with E-state index < -0.39 is 10.0 Å². The molecule has 1 rings (SSSR count). The molecule has 5 nitrogen and oxygen atoms in total. The van der Waals surface area contributed by atoms with E-state index in [2.05, 4.69) is 4.72 Å². The first kappa shape index (κ1) is 13.2. The monoisotopic (exact) mass is 264 g/mol. The summed E-state index contributed by atoms with van der Waals surface area (Å²) < 4.78 is 25.8. The van der Waals surface area contributed by atoms with Gasteiger partial charge in [-0.25, -0.2) is 13.1 Å². The van der Waals surface area contributed by atoms with Gasteiger partial charge in [-0.1, -0.05) is 11.6 Å². The number of hydrogen-bond donors (Lipinski definition) is 3. The first-order chi connectivity index (χ1) is 7.47. The van der Waals surface area contributed by atoms with Gasteiger partial charge in [0.2, 0.25) is 10.0 Å². The molecule has 90 valence electrons. The average molecular weight is 265 g/mol. The van der Waals surface area contributed by atoms with Crippen LogP contribution in [0.25, 0.3) is 0 Å². The van der Waals surface area contributed by atoms with Gasteiger partial charge < -0.3 is 10.8 Å². The van der Waals surface area contributed by atoms with Crippen LogP contribution in [0, 0.1) is 0 Å². The number of sulfonamides is 1. The minimum atomic E-state index is -3.66. The number of aliphatic hydroxyl groups is 1. The molecule has 0 aliphatic carbocycles. The molecule has 0 aliphatic heterocycles. The first-order valence-corrected chi connectivity index (χ1v) is 6.49. The summed E-state index contributed by atoms with van der Waals surface area (Å²) in [6, 6.07) is 4.24. The Labute approximate surface area is 99.3 Å². The third kappa shape index (κ3) is 3.34. The maximum Gasteiger partial charge on any atom is 0.242 e. The number of benzene rings is 1. The fraction of sp³-hybridized carbons (Fsp3) is 0.333. The molecule has 4 N–H and O–H groups in total. The van der Waals surface area contributed by atoms with Crippen molar-refractivity contribution in [1.29, 1.82) is 0 Å². The number of hydrogen-bond acceptors (Lipinski definition) is 4. The molecule has 16 heavy (non-hydrogen) atoms. The van der Waals surface area contributed by atoms with Crippen molar-refractivity contribution in [3.63, 3.8) is 0 Å². The van der Waals surface area contributed by atoms with Gasteiger partial charge in [0.25, 0.3) is 0 Å². The van der Waals surface area contributed by atoms with E-state index in [9.17, 15) is 8.42 Å². The standard InChI is InChI=1S/C9H13ClN2O3S/c10-7-2-3-8(11)9(6-7)16(14,15)12-4-1-5-13/h2-3,6,12-13H,1,4-5,11H2. The van der Waals surface area contributed by atoms with Crippen LogP contribution in [0.2, 0.25) is 5.02 Å². The molecule has 0 radical (unpaired) electrons. The van der Waals surface area contributed by atoms with Crippen molar-refractivity contribution in [3.05, 3.63) is 23.2 Å². The number of nitrogens with two attached hydrogens (primary N) is 1. The quantitative estimate of drug-likeness (QED) is 0.536. The maximum absolute atomic E-state index is 11.7. The number of anilines is 1. The normalized spacial score (nSPS) is 11.6. The van der Waals surface area contributed by atoms with Crippen molar-refractivity contribution < 1.29 is 13.5 Å². The van der Waals surface area contributed by atoms with Crippen molar-refractivity contribution in [2.24, 2.45) is 0 Å². The van der Waals surface area contributed by atoms with Crippen LogP contribution in [0.15, 0.2) is 23.1 Å². The maximum atomic E-state index is 11.7. The highest BCUT2D eigenvalue weighted by Crippen LogP contribution is 2.22. The van der Waals surface area contributed by atoms with Crippen LogP contribution in [0.1, 0.15) is 6.42 Å². The highest BCUT2D eigenvalue weighted by atomic mass is 35.5. The molecular formula is C9H13ClN2O3S. The number of aliphatic hydroxyl groups excluding tert-OH is 1. The molecule has 0 fully saturated rings. The van der Waals surface area contributed by atoms with Gasteiger partial charge in [-0.3, -0.25) is 0 Å². The van der Waals surface area contributed by atoms with Gasteiger partial charge in [0.1, 0.15) is 4.90 Å². The smallest absolute Gasteiger partial charge is 0.242 e. The van der Waals surface area contributed by atoms with Crippen LogP contribution in [-0.2, 0) is 10.0 Å². The number of rotatable bonds is 5. The van der Waals surface area contributed by atoms with E-state index in [1.165, 1.54) is 18.2 Å². The van der Waals surface area contributed by atoms with Crippen LogP contribution < -0.4 is 10.5 Å². The van der Waals surface area contributed by atoms with Crippen molar-refractivity contribution in [2.75, 3.05) is 18.9 Å². The summed E-state index contributed by atoms with van der Waals surface area (Å²) in [4.78, 5) is -0.0436. The topological polar surface area (TPSA) is 92.4 Å². The van der Waals surface area contributed by atoms with Crippen LogP contribution in [0.4, 0.5) is 5.69 Å². The molecule has 0 spiro atoms. The summed E-state index contributed by atoms with van der Waals surface area (Å²) in [5, 5.41) is 8.85. The summed E-state index contributed by atoms with van der Waals surface area (Å²) in [5.41, 5.74) is 5.69. The molecule has 0 heterocycles. The summed E-state index contributed by atoms with van der Waals surface area (Å²) in [6.45, 7) is 0.0817. The molecule has 0 aliphatic rings. The van der Waals surface area contributed by atoms with E-state index in [0.29, 0.717) is 11.4 Å². The van der Waals surface area contributed by atoms with Crippen LogP contribution in [0.5, 0.6) is 0 Å². The Morgan fingerprint density at radius 1 is 1.44 bits per heavy atom. The summed E-state index contributed by atoms with van der Waals surface area (Å²) in [6.07, 6.45) is 0.347. The minimum absolute atomic E-state index is 0.0436. The van der Waals surface area contributed by atoms with Crippen molar-refractivity contribution in [2.45, 2.75) is 11.3 Å². The Kier molecular flexibility index (Phi) is 4.55.